The van der Waals surface area contributed by atoms with E-state index in [1.807, 2.05) is 33.6 Å². The average molecular weight is 373 g/mol. The van der Waals surface area contributed by atoms with Crippen molar-refractivity contribution in [2.24, 2.45) is 0 Å². The largest absolute Gasteiger partial charge is 0.482 e. The summed E-state index contributed by atoms with van der Waals surface area (Å²) in [6.07, 6.45) is 3.66. The zero-order valence-corrected chi connectivity index (χ0v) is 14.6. The fraction of sp³-hybridized carbons (Fsp3) is 0.235. The maximum atomic E-state index is 11.4. The molecule has 3 aromatic rings. The summed E-state index contributed by atoms with van der Waals surface area (Å²) in [5.74, 6) is 1.30. The van der Waals surface area contributed by atoms with Crippen LogP contribution in [0.5, 0.6) is 5.75 Å². The highest BCUT2D eigenvalue weighted by molar-refractivity contribution is 5.95. The van der Waals surface area contributed by atoms with Gasteiger partial charge in [0.2, 0.25) is 0 Å². The number of hydrogen-bond acceptors (Lipinski definition) is 5. The van der Waals surface area contributed by atoms with Crippen molar-refractivity contribution in [1.29, 1.82) is 0 Å². The van der Waals surface area contributed by atoms with Crippen molar-refractivity contribution in [3.05, 3.63) is 42.4 Å². The normalized spacial score (nSPS) is 15.3. The van der Waals surface area contributed by atoms with Gasteiger partial charge in [-0.1, -0.05) is 0 Å². The second-order valence-corrected chi connectivity index (χ2v) is 6.06. The lowest BCUT2D eigenvalue weighted by atomic mass is 10.2. The molecule has 5 rings (SSSR count). The molecule has 2 aliphatic heterocycles. The van der Waals surface area contributed by atoms with E-state index in [0.717, 1.165) is 42.5 Å². The van der Waals surface area contributed by atoms with Crippen LogP contribution in [0.2, 0.25) is 0 Å². The summed E-state index contributed by atoms with van der Waals surface area (Å²) < 4.78 is 9.51. The molecule has 2 N–H and O–H groups in total. The SMILES string of the molecule is Cl.O=C1COc2cc(-n3ccnc3-c3cc4n(n3)CCNC4)ccc2N1. The van der Waals surface area contributed by atoms with Gasteiger partial charge in [-0.15, -0.1) is 12.4 Å². The van der Waals surface area contributed by atoms with E-state index in [9.17, 15) is 4.79 Å². The number of carbonyl (C=O) groups excluding carboxylic acids is 1. The van der Waals surface area contributed by atoms with Gasteiger partial charge in [-0.25, -0.2) is 4.98 Å². The van der Waals surface area contributed by atoms with Gasteiger partial charge < -0.3 is 15.4 Å². The topological polar surface area (TPSA) is 86.0 Å². The van der Waals surface area contributed by atoms with Gasteiger partial charge in [0.05, 0.1) is 23.6 Å². The zero-order valence-electron chi connectivity index (χ0n) is 13.8. The molecule has 8 nitrogen and oxygen atoms in total. The average Bonchev–Trinajstić information content (AvgIpc) is 3.27. The van der Waals surface area contributed by atoms with Crippen LogP contribution in [-0.4, -0.2) is 38.4 Å². The number of hydrogen-bond donors (Lipinski definition) is 2. The van der Waals surface area contributed by atoms with E-state index in [1.165, 1.54) is 0 Å². The monoisotopic (exact) mass is 372 g/mol. The Kier molecular flexibility index (Phi) is 4.14. The quantitative estimate of drug-likeness (QED) is 0.713. The third kappa shape index (κ3) is 2.73. The molecule has 0 saturated carbocycles. The van der Waals surface area contributed by atoms with Gasteiger partial charge in [0.1, 0.15) is 11.4 Å². The Morgan fingerprint density at radius 3 is 3.04 bits per heavy atom. The summed E-state index contributed by atoms with van der Waals surface area (Å²) in [6.45, 7) is 2.65. The van der Waals surface area contributed by atoms with E-state index in [0.29, 0.717) is 11.4 Å². The van der Waals surface area contributed by atoms with Gasteiger partial charge in [0.25, 0.3) is 5.91 Å². The first kappa shape index (κ1) is 16.6. The number of amides is 1. The second-order valence-electron chi connectivity index (χ2n) is 6.06. The molecule has 0 spiro atoms. The molecule has 0 unspecified atom stereocenters. The van der Waals surface area contributed by atoms with Crippen molar-refractivity contribution in [2.45, 2.75) is 13.1 Å². The van der Waals surface area contributed by atoms with Gasteiger partial charge in [0, 0.05) is 31.5 Å². The van der Waals surface area contributed by atoms with Crippen molar-refractivity contribution >= 4 is 24.0 Å². The van der Waals surface area contributed by atoms with E-state index in [-0.39, 0.29) is 24.9 Å². The Labute approximate surface area is 155 Å². The van der Waals surface area contributed by atoms with Crippen LogP contribution in [0.1, 0.15) is 5.69 Å². The molecule has 0 bridgehead atoms. The molecule has 9 heteroatoms. The standard InChI is InChI=1S/C17H16N6O2.ClH/c24-16-10-25-15-8-11(1-2-13(15)20-16)22-5-4-19-17(22)14-7-12-9-18-3-6-23(12)21-14;/h1-2,4-5,7-8,18H,3,6,9-10H2,(H,20,24);1H. The lowest BCUT2D eigenvalue weighted by molar-refractivity contribution is -0.118. The molecule has 0 fully saturated rings. The molecule has 0 saturated heterocycles. The predicted molar refractivity (Wildman–Crippen MR) is 97.9 cm³/mol. The molecule has 0 atom stereocenters. The van der Waals surface area contributed by atoms with Crippen molar-refractivity contribution in [1.82, 2.24) is 24.6 Å². The van der Waals surface area contributed by atoms with E-state index >= 15 is 0 Å². The first-order valence-corrected chi connectivity index (χ1v) is 8.16. The van der Waals surface area contributed by atoms with Crippen LogP contribution in [-0.2, 0) is 17.9 Å². The number of benzene rings is 1. The first-order valence-electron chi connectivity index (χ1n) is 8.16. The Morgan fingerprint density at radius 1 is 1.23 bits per heavy atom. The highest BCUT2D eigenvalue weighted by atomic mass is 35.5. The van der Waals surface area contributed by atoms with Crippen molar-refractivity contribution in [3.63, 3.8) is 0 Å². The molecule has 0 aliphatic carbocycles. The smallest absolute Gasteiger partial charge is 0.262 e. The molecule has 1 aromatic carbocycles. The van der Waals surface area contributed by atoms with E-state index in [4.69, 9.17) is 4.74 Å². The molecular formula is C17H17ClN6O2. The van der Waals surface area contributed by atoms with Crippen LogP contribution in [0.3, 0.4) is 0 Å². The molecule has 0 radical (unpaired) electrons. The van der Waals surface area contributed by atoms with Crippen LogP contribution in [0.15, 0.2) is 36.7 Å². The number of ether oxygens (including phenoxy) is 1. The van der Waals surface area contributed by atoms with Gasteiger partial charge in [-0.05, 0) is 18.2 Å². The number of anilines is 1. The number of aromatic nitrogens is 4. The van der Waals surface area contributed by atoms with Crippen molar-refractivity contribution in [3.8, 4) is 23.0 Å². The van der Waals surface area contributed by atoms with Gasteiger partial charge >= 0.3 is 0 Å². The minimum atomic E-state index is -0.138. The summed E-state index contributed by atoms with van der Waals surface area (Å²) in [7, 11) is 0. The highest BCUT2D eigenvalue weighted by Gasteiger charge is 2.19. The van der Waals surface area contributed by atoms with Crippen LogP contribution >= 0.6 is 12.4 Å². The van der Waals surface area contributed by atoms with E-state index < -0.39 is 0 Å². The molecule has 134 valence electrons. The number of nitrogens with zero attached hydrogens (tertiary/aromatic N) is 4. The minimum absolute atomic E-state index is 0. The number of fused-ring (bicyclic) bond motifs is 2. The second kappa shape index (κ2) is 6.47. The maximum absolute atomic E-state index is 11.4. The number of imidazole rings is 1. The molecule has 2 aromatic heterocycles. The van der Waals surface area contributed by atoms with Crippen molar-refractivity contribution < 1.29 is 9.53 Å². The summed E-state index contributed by atoms with van der Waals surface area (Å²) >= 11 is 0. The number of rotatable bonds is 2. The van der Waals surface area contributed by atoms with Crippen LogP contribution in [0, 0.1) is 0 Å². The van der Waals surface area contributed by atoms with Gasteiger partial charge in [-0.2, -0.15) is 5.10 Å². The Hall–Kier alpha value is -2.84. The van der Waals surface area contributed by atoms with Crippen LogP contribution < -0.4 is 15.4 Å². The van der Waals surface area contributed by atoms with Crippen molar-refractivity contribution in [2.75, 3.05) is 18.5 Å². The Morgan fingerprint density at radius 2 is 2.15 bits per heavy atom. The third-order valence-corrected chi connectivity index (χ3v) is 4.42. The number of carbonyl (C=O) groups is 1. The van der Waals surface area contributed by atoms with Crippen LogP contribution in [0.4, 0.5) is 5.69 Å². The van der Waals surface area contributed by atoms with Crippen LogP contribution in [0.25, 0.3) is 17.2 Å². The minimum Gasteiger partial charge on any atom is -0.482 e. The third-order valence-electron chi connectivity index (χ3n) is 4.42. The van der Waals surface area contributed by atoms with Gasteiger partial charge in [0.15, 0.2) is 12.4 Å². The zero-order chi connectivity index (χ0) is 16.8. The fourth-order valence-electron chi connectivity index (χ4n) is 3.22. The predicted octanol–water partition coefficient (Wildman–Crippen LogP) is 1.59. The number of halogens is 1. The molecule has 26 heavy (non-hydrogen) atoms. The summed E-state index contributed by atoms with van der Waals surface area (Å²) in [6, 6.07) is 7.74. The van der Waals surface area contributed by atoms with E-state index in [2.05, 4.69) is 26.8 Å². The Bertz CT molecular complexity index is 956. The molecule has 2 aliphatic rings. The molecule has 4 heterocycles. The van der Waals surface area contributed by atoms with E-state index in [1.54, 1.807) is 6.20 Å². The lowest BCUT2D eigenvalue weighted by Gasteiger charge is -2.19. The summed E-state index contributed by atoms with van der Waals surface area (Å²) in [5.41, 5.74) is 3.60. The fourth-order valence-corrected chi connectivity index (χ4v) is 3.22. The first-order chi connectivity index (χ1) is 12.3. The number of nitrogens with one attached hydrogen (secondary N) is 2. The summed E-state index contributed by atoms with van der Waals surface area (Å²) in [4.78, 5) is 15.9. The highest BCUT2D eigenvalue weighted by Crippen LogP contribution is 2.31. The lowest BCUT2D eigenvalue weighted by Crippen LogP contribution is -2.28. The summed E-state index contributed by atoms with van der Waals surface area (Å²) in [5, 5.41) is 10.8. The maximum Gasteiger partial charge on any atom is 0.262 e. The molecular weight excluding hydrogens is 356 g/mol. The Balaban J connectivity index is 0.00000168. The molecule has 1 amide bonds. The van der Waals surface area contributed by atoms with Gasteiger partial charge in [-0.3, -0.25) is 14.0 Å².